The van der Waals surface area contributed by atoms with Crippen molar-refractivity contribution in [3.05, 3.63) is 22.7 Å². The molecule has 1 aliphatic rings. The number of carbonyl (C=O) groups is 1. The molecule has 0 N–H and O–H groups in total. The van der Waals surface area contributed by atoms with Crippen LogP contribution in [0.4, 0.5) is 10.6 Å². The van der Waals surface area contributed by atoms with Gasteiger partial charge in [0.15, 0.2) is 0 Å². The quantitative estimate of drug-likeness (QED) is 0.779. The molecule has 0 unspecified atom stereocenters. The van der Waals surface area contributed by atoms with Crippen molar-refractivity contribution >= 4 is 27.8 Å². The number of anilines is 1. The van der Waals surface area contributed by atoms with Gasteiger partial charge in [-0.25, -0.2) is 9.78 Å². The Morgan fingerprint density at radius 3 is 2.65 bits per heavy atom. The van der Waals surface area contributed by atoms with E-state index in [1.807, 2.05) is 0 Å². The average Bonchev–Trinajstić information content (AvgIpc) is 2.53. The fourth-order valence-corrected chi connectivity index (χ4v) is 1.32. The SMILES string of the molecule is [2H]c1nc(N2C([2H])([2H])C([2H])([2H])N(C(=O)OC(C)(C)C)C([2H])([2H])C2([2H])[2H])c([2H])c([2H])c1Br. The number of nitrogens with zero attached hydrogens (tertiary/aromatic N) is 3. The van der Waals surface area contributed by atoms with Crippen molar-refractivity contribution in [1.29, 1.82) is 0 Å². The Morgan fingerprint density at radius 1 is 1.40 bits per heavy atom. The van der Waals surface area contributed by atoms with Gasteiger partial charge in [-0.2, -0.15) is 0 Å². The number of aromatic nitrogens is 1. The van der Waals surface area contributed by atoms with Crippen LogP contribution < -0.4 is 4.90 Å². The molecule has 110 valence electrons. The lowest BCUT2D eigenvalue weighted by Gasteiger charge is -2.36. The lowest BCUT2D eigenvalue weighted by molar-refractivity contribution is 0.0240. The van der Waals surface area contributed by atoms with Crippen molar-refractivity contribution in [3.63, 3.8) is 0 Å². The Bertz CT molecular complexity index is 892. The maximum absolute atomic E-state index is 12.6. The minimum absolute atomic E-state index is 0.0777. The van der Waals surface area contributed by atoms with Crippen molar-refractivity contribution in [1.82, 2.24) is 9.88 Å². The van der Waals surface area contributed by atoms with E-state index in [0.29, 0.717) is 0 Å². The summed E-state index contributed by atoms with van der Waals surface area (Å²) in [5.41, 5.74) is -1.22. The van der Waals surface area contributed by atoms with E-state index in [9.17, 15) is 4.79 Å². The van der Waals surface area contributed by atoms with Gasteiger partial charge in [-0.15, -0.1) is 0 Å². The summed E-state index contributed by atoms with van der Waals surface area (Å²) in [4.78, 5) is 15.9. The maximum Gasteiger partial charge on any atom is 0.410 e. The third-order valence-electron chi connectivity index (χ3n) is 1.88. The molecule has 0 saturated carbocycles. The molecule has 1 saturated heterocycles. The summed E-state index contributed by atoms with van der Waals surface area (Å²) < 4.78 is 94.6. The second-order valence-electron chi connectivity index (χ2n) is 4.71. The number of halogens is 1. The molecule has 0 atom stereocenters. The van der Waals surface area contributed by atoms with Gasteiger partial charge in [0.1, 0.15) is 11.4 Å². The Morgan fingerprint density at radius 2 is 2.05 bits per heavy atom. The van der Waals surface area contributed by atoms with Crippen molar-refractivity contribution < 1.29 is 24.6 Å². The minimum Gasteiger partial charge on any atom is -0.444 e. The van der Waals surface area contributed by atoms with Gasteiger partial charge in [-0.1, -0.05) is 0 Å². The van der Waals surface area contributed by atoms with E-state index in [0.717, 1.165) is 0 Å². The monoisotopic (exact) mass is 352 g/mol. The Balaban J connectivity index is 2.82. The number of rotatable bonds is 1. The van der Waals surface area contributed by atoms with Crippen LogP contribution in [0, 0.1) is 0 Å². The molecule has 1 aliphatic heterocycles. The molecule has 1 aromatic rings. The van der Waals surface area contributed by atoms with Crippen LogP contribution in [-0.4, -0.2) is 47.6 Å². The van der Waals surface area contributed by atoms with E-state index >= 15 is 0 Å². The first-order chi connectivity index (χ1) is 13.6. The number of piperazine rings is 1. The first kappa shape index (κ1) is 6.22. The summed E-state index contributed by atoms with van der Waals surface area (Å²) >= 11 is 2.87. The average molecular weight is 353 g/mol. The van der Waals surface area contributed by atoms with Crippen LogP contribution in [0.2, 0.25) is 0 Å². The zero-order chi connectivity index (χ0) is 24.5. The highest BCUT2D eigenvalue weighted by Gasteiger charge is 2.26. The molecular weight excluding hydrogens is 322 g/mol. The summed E-state index contributed by atoms with van der Waals surface area (Å²) in [6.45, 7) is -9.83. The fourth-order valence-electron chi connectivity index (χ4n) is 1.14. The lowest BCUT2D eigenvalue weighted by atomic mass is 10.2. The van der Waals surface area contributed by atoms with E-state index in [4.69, 9.17) is 19.8 Å². The second-order valence-corrected chi connectivity index (χ2v) is 5.50. The van der Waals surface area contributed by atoms with Crippen molar-refractivity contribution in [2.75, 3.05) is 30.9 Å². The first-order valence-electron chi connectivity index (χ1n) is 11.1. The van der Waals surface area contributed by atoms with Gasteiger partial charge in [0.05, 0.1) is 15.1 Å². The largest absolute Gasteiger partial charge is 0.444 e. The minimum atomic E-state index is -3.53. The number of hydrogen-bond acceptors (Lipinski definition) is 4. The number of carbonyl (C=O) groups excluding carboxylic acids is 1. The molecule has 0 aromatic carbocycles. The van der Waals surface area contributed by atoms with Gasteiger partial charge in [-0.05, 0) is 48.8 Å². The van der Waals surface area contributed by atoms with Crippen LogP contribution in [0.5, 0.6) is 0 Å². The van der Waals surface area contributed by atoms with Crippen molar-refractivity contribution in [2.45, 2.75) is 26.4 Å². The van der Waals surface area contributed by atoms with E-state index in [1.165, 1.54) is 20.8 Å². The summed E-state index contributed by atoms with van der Waals surface area (Å²) in [5.74, 6) is -0.968. The normalized spacial score (nSPS) is 34.3. The highest BCUT2D eigenvalue weighted by molar-refractivity contribution is 9.10. The Kier molecular flexibility index (Phi) is 1.86. The molecule has 0 radical (unpaired) electrons. The first-order valence-corrected chi connectivity index (χ1v) is 6.38. The van der Waals surface area contributed by atoms with Crippen LogP contribution in [-0.2, 0) is 4.74 Å². The summed E-state index contributed by atoms with van der Waals surface area (Å²) in [6.07, 6.45) is -2.30. The molecule has 0 bridgehead atoms. The van der Waals surface area contributed by atoms with Crippen LogP contribution in [0.15, 0.2) is 22.7 Å². The third-order valence-corrected chi connectivity index (χ3v) is 2.25. The second kappa shape index (κ2) is 5.99. The zero-order valence-corrected chi connectivity index (χ0v) is 12.6. The van der Waals surface area contributed by atoms with Crippen LogP contribution in [0.3, 0.4) is 0 Å². The Labute approximate surface area is 143 Å². The van der Waals surface area contributed by atoms with E-state index in [-0.39, 0.29) is 14.3 Å². The standard InChI is InChI=1S/C14H20BrN3O2/c1-14(2,3)20-13(19)18-8-6-17(7-9-18)12-5-4-11(15)10-16-12/h4-5,10H,6-9H2,1-3H3/i4D,5D,6D2,7D2,8D2,9D2,10D. The molecule has 5 nitrogen and oxygen atoms in total. The predicted octanol–water partition coefficient (Wildman–Crippen LogP) is 2.90. The fraction of sp³-hybridized carbons (Fsp3) is 0.571. The van der Waals surface area contributed by atoms with Crippen molar-refractivity contribution in [3.8, 4) is 0 Å². The summed E-state index contributed by atoms with van der Waals surface area (Å²) in [5, 5.41) is 0. The Hall–Kier alpha value is -1.30. The summed E-state index contributed by atoms with van der Waals surface area (Å²) in [7, 11) is 0. The van der Waals surface area contributed by atoms with Crippen LogP contribution in [0.1, 0.15) is 35.8 Å². The number of ether oxygens (including phenoxy) is 1. The molecule has 6 heteroatoms. The molecule has 1 fully saturated rings. The topological polar surface area (TPSA) is 45.7 Å². The molecule has 0 aliphatic carbocycles. The highest BCUT2D eigenvalue weighted by atomic mass is 79.9. The van der Waals surface area contributed by atoms with Crippen molar-refractivity contribution in [2.24, 2.45) is 0 Å². The molecular formula is C14H20BrN3O2. The third kappa shape index (κ3) is 4.10. The van der Waals surface area contributed by atoms with Crippen LogP contribution >= 0.6 is 15.9 Å². The van der Waals surface area contributed by atoms with Gasteiger partial charge < -0.3 is 14.5 Å². The zero-order valence-electron chi connectivity index (χ0n) is 22.0. The molecule has 20 heavy (non-hydrogen) atoms. The number of amides is 1. The van der Waals surface area contributed by atoms with E-state index < -0.39 is 61.8 Å². The lowest BCUT2D eigenvalue weighted by Crippen LogP contribution is -2.50. The molecule has 2 heterocycles. The van der Waals surface area contributed by atoms with Gasteiger partial charge in [-0.3, -0.25) is 0 Å². The molecule has 0 spiro atoms. The molecule has 1 aromatic heterocycles. The number of hydrogen-bond donors (Lipinski definition) is 0. The van der Waals surface area contributed by atoms with Gasteiger partial charge in [0, 0.05) is 36.6 Å². The highest BCUT2D eigenvalue weighted by Crippen LogP contribution is 2.17. The maximum atomic E-state index is 12.6. The van der Waals surface area contributed by atoms with Gasteiger partial charge in [0.2, 0.25) is 0 Å². The van der Waals surface area contributed by atoms with Gasteiger partial charge in [0.25, 0.3) is 0 Å². The van der Waals surface area contributed by atoms with Crippen LogP contribution in [0.25, 0.3) is 0 Å². The molecule has 1 amide bonds. The molecule has 2 rings (SSSR count). The van der Waals surface area contributed by atoms with E-state index in [1.54, 1.807) is 0 Å². The predicted molar refractivity (Wildman–Crippen MR) is 82.0 cm³/mol. The van der Waals surface area contributed by atoms with E-state index in [2.05, 4.69) is 20.9 Å². The van der Waals surface area contributed by atoms with Gasteiger partial charge >= 0.3 is 6.09 Å². The summed E-state index contributed by atoms with van der Waals surface area (Å²) in [6, 6.07) is -1.52. The smallest absolute Gasteiger partial charge is 0.410 e. The number of pyridine rings is 1.